The summed E-state index contributed by atoms with van der Waals surface area (Å²) in [6.45, 7) is -0.0462. The Bertz CT molecular complexity index is 1180. The summed E-state index contributed by atoms with van der Waals surface area (Å²) in [7, 11) is 0. The van der Waals surface area contributed by atoms with Gasteiger partial charge in [0, 0.05) is 11.9 Å². The van der Waals surface area contributed by atoms with Crippen molar-refractivity contribution < 1.29 is 19.7 Å². The van der Waals surface area contributed by atoms with Crippen LogP contribution in [-0.2, 0) is 9.47 Å². The quantitative estimate of drug-likeness (QED) is 0.378. The number of nitrogen functional groups attached to an aromatic ring is 1. The van der Waals surface area contributed by atoms with Crippen LogP contribution in [0, 0.1) is 0 Å². The number of aliphatic hydroxyl groups excluding tert-OH is 2. The highest BCUT2D eigenvalue weighted by Crippen LogP contribution is 2.30. The van der Waals surface area contributed by atoms with Crippen molar-refractivity contribution in [3.05, 3.63) is 45.8 Å². The van der Waals surface area contributed by atoms with Crippen LogP contribution in [0.3, 0.4) is 0 Å². The lowest BCUT2D eigenvalue weighted by molar-refractivity contribution is -0.0207. The number of anilines is 1. The van der Waals surface area contributed by atoms with Crippen LogP contribution in [0.25, 0.3) is 11.2 Å². The average molecular weight is 465 g/mol. The van der Waals surface area contributed by atoms with Crippen molar-refractivity contribution in [3.63, 3.8) is 0 Å². The molecule has 5 N–H and O–H groups in total. The molecule has 0 spiro atoms. The predicted molar refractivity (Wildman–Crippen MR) is 115 cm³/mol. The molecule has 5 heterocycles. The van der Waals surface area contributed by atoms with Crippen LogP contribution in [-0.4, -0.2) is 69.8 Å². The van der Waals surface area contributed by atoms with E-state index in [4.69, 9.17) is 25.4 Å². The monoisotopic (exact) mass is 465 g/mol. The molecule has 2 fully saturated rings. The largest absolute Gasteiger partial charge is 0.394 e. The summed E-state index contributed by atoms with van der Waals surface area (Å²) < 4.78 is 14.1. The molecule has 0 aliphatic carbocycles. The summed E-state index contributed by atoms with van der Waals surface area (Å²) in [5, 5.41) is 17.9. The van der Waals surface area contributed by atoms with Gasteiger partial charge in [-0.1, -0.05) is 0 Å². The zero-order valence-corrected chi connectivity index (χ0v) is 17.7. The van der Waals surface area contributed by atoms with Crippen LogP contribution in [0.4, 0.5) is 5.82 Å². The minimum Gasteiger partial charge on any atom is -0.394 e. The number of thioether (sulfide) groups is 1. The number of imidazole rings is 1. The molecule has 32 heavy (non-hydrogen) atoms. The number of fused-ring (bicyclic) bond motifs is 1. The molecule has 2 saturated heterocycles. The van der Waals surface area contributed by atoms with Gasteiger partial charge in [0.05, 0.1) is 32.0 Å². The van der Waals surface area contributed by atoms with Gasteiger partial charge in [-0.05, 0) is 18.9 Å². The van der Waals surface area contributed by atoms with Gasteiger partial charge in [-0.3, -0.25) is 13.9 Å². The minimum atomic E-state index is -0.431. The van der Waals surface area contributed by atoms with Crippen molar-refractivity contribution in [1.29, 1.82) is 0 Å². The van der Waals surface area contributed by atoms with E-state index in [0.717, 1.165) is 12.8 Å². The molecule has 3 aromatic rings. The molecule has 13 nitrogen and oxygen atoms in total. The van der Waals surface area contributed by atoms with Crippen molar-refractivity contribution >= 4 is 28.7 Å². The molecule has 4 atom stereocenters. The molecule has 3 aromatic heterocycles. The fourth-order valence-electron chi connectivity index (χ4n) is 3.43. The van der Waals surface area contributed by atoms with Gasteiger partial charge in [0.15, 0.2) is 11.2 Å². The Morgan fingerprint density at radius 2 is 2.00 bits per heavy atom. The minimum absolute atomic E-state index is 0.0111. The fourth-order valence-corrected chi connectivity index (χ4v) is 4.36. The number of aliphatic hydroxyl groups is 2. The second kappa shape index (κ2) is 9.79. The number of nitrogens with zero attached hydrogens (tertiary/aromatic N) is 5. The summed E-state index contributed by atoms with van der Waals surface area (Å²) in [6.07, 6.45) is 5.32. The Morgan fingerprint density at radius 3 is 2.69 bits per heavy atom. The average Bonchev–Trinajstić information content (AvgIpc) is 3.53. The van der Waals surface area contributed by atoms with Crippen LogP contribution >= 0.6 is 11.8 Å². The van der Waals surface area contributed by atoms with Crippen molar-refractivity contribution in [2.75, 3.05) is 24.7 Å². The Balaban J connectivity index is 0.000000155. The van der Waals surface area contributed by atoms with E-state index in [1.165, 1.54) is 22.7 Å². The number of nitrogens with one attached hydrogen (secondary N) is 1. The number of ether oxygens (including phenoxy) is 2. The number of aromatic amines is 1. The molecule has 0 unspecified atom stereocenters. The van der Waals surface area contributed by atoms with Crippen molar-refractivity contribution in [3.8, 4) is 0 Å². The van der Waals surface area contributed by atoms with E-state index >= 15 is 0 Å². The lowest BCUT2D eigenvalue weighted by atomic mass is 10.2. The lowest BCUT2D eigenvalue weighted by Crippen LogP contribution is -2.28. The maximum atomic E-state index is 11.5. The van der Waals surface area contributed by atoms with Gasteiger partial charge in [0.25, 0.3) is 5.56 Å². The fraction of sp³-hybridized carbons (Fsp3) is 0.500. The second-order valence-electron chi connectivity index (χ2n) is 7.11. The van der Waals surface area contributed by atoms with Crippen LogP contribution < -0.4 is 17.0 Å². The van der Waals surface area contributed by atoms with E-state index in [1.807, 2.05) is 0 Å². The van der Waals surface area contributed by atoms with Crippen LogP contribution in [0.2, 0.25) is 0 Å². The Labute approximate surface area is 185 Å². The third-order valence-corrected chi connectivity index (χ3v) is 6.12. The van der Waals surface area contributed by atoms with Gasteiger partial charge in [0.1, 0.15) is 23.7 Å². The van der Waals surface area contributed by atoms with Crippen LogP contribution in [0.15, 0.2) is 34.5 Å². The van der Waals surface area contributed by atoms with E-state index in [2.05, 4.69) is 19.9 Å². The Morgan fingerprint density at radius 1 is 1.16 bits per heavy atom. The molecule has 0 amide bonds. The van der Waals surface area contributed by atoms with Gasteiger partial charge in [0.2, 0.25) is 0 Å². The molecule has 172 valence electrons. The molecular formula is C18H23N7O6S. The number of hydrogen-bond acceptors (Lipinski definition) is 11. The third-order valence-electron chi connectivity index (χ3n) is 5.01. The van der Waals surface area contributed by atoms with E-state index in [9.17, 15) is 9.59 Å². The molecule has 0 radical (unpaired) electrons. The first-order chi connectivity index (χ1) is 15.5. The zero-order valence-electron chi connectivity index (χ0n) is 16.9. The van der Waals surface area contributed by atoms with Gasteiger partial charge in [-0.15, -0.1) is 11.8 Å². The molecule has 0 saturated carbocycles. The first-order valence-corrected chi connectivity index (χ1v) is 10.9. The first-order valence-electron chi connectivity index (χ1n) is 9.89. The van der Waals surface area contributed by atoms with Crippen LogP contribution in [0.1, 0.15) is 25.3 Å². The highest BCUT2D eigenvalue weighted by atomic mass is 32.2. The topological polar surface area (TPSA) is 183 Å². The smallest absolute Gasteiger partial charge is 0.351 e. The van der Waals surface area contributed by atoms with E-state index < -0.39 is 5.69 Å². The first kappa shape index (κ1) is 22.4. The Hall–Kier alpha value is -2.78. The SMILES string of the molecule is Nc1ccn([C@H]2CS[C@@H](CO)O2)c(=O)n1.O=c1[nH]cnc2c1ncn2[C@H]1CC[C@@H](CO)O1. The van der Waals surface area contributed by atoms with Crippen molar-refractivity contribution in [1.82, 2.24) is 29.1 Å². The maximum Gasteiger partial charge on any atom is 0.351 e. The predicted octanol–water partition coefficient (Wildman–Crippen LogP) is -0.805. The summed E-state index contributed by atoms with van der Waals surface area (Å²) in [5.74, 6) is 0.817. The summed E-state index contributed by atoms with van der Waals surface area (Å²) in [4.78, 5) is 37.1. The highest BCUT2D eigenvalue weighted by Gasteiger charge is 2.28. The lowest BCUT2D eigenvalue weighted by Gasteiger charge is -2.13. The number of nitrogens with two attached hydrogens (primary N) is 1. The van der Waals surface area contributed by atoms with Gasteiger partial charge in [-0.25, -0.2) is 14.8 Å². The number of rotatable bonds is 4. The van der Waals surface area contributed by atoms with Gasteiger partial charge >= 0.3 is 5.69 Å². The molecule has 2 aliphatic heterocycles. The Kier molecular flexibility index (Phi) is 6.86. The molecule has 5 rings (SSSR count). The standard InChI is InChI=1S/C10H12N4O3.C8H11N3O3S/c15-3-6-1-2-7(17-6)14-5-13-8-9(14)11-4-12-10(8)16;9-5-1-2-11(8(13)10-5)6-4-15-7(3-12)14-6/h4-7,15H,1-3H2,(H,11,12,16);1-2,6-7,12H,3-4H2,(H2,9,10,13)/t2*6-,7+/m01/s1. The van der Waals surface area contributed by atoms with Gasteiger partial charge < -0.3 is 30.4 Å². The zero-order chi connectivity index (χ0) is 22.7. The number of aromatic nitrogens is 6. The summed E-state index contributed by atoms with van der Waals surface area (Å²) in [6, 6.07) is 1.54. The number of H-pyrrole nitrogens is 1. The third kappa shape index (κ3) is 4.68. The molecule has 0 aromatic carbocycles. The molecule has 0 bridgehead atoms. The molecular weight excluding hydrogens is 442 g/mol. The van der Waals surface area contributed by atoms with Crippen LogP contribution in [0.5, 0.6) is 0 Å². The molecule has 2 aliphatic rings. The normalized spacial score (nSPS) is 25.1. The van der Waals surface area contributed by atoms with E-state index in [-0.39, 0.29) is 48.6 Å². The highest BCUT2D eigenvalue weighted by molar-refractivity contribution is 8.00. The summed E-state index contributed by atoms with van der Waals surface area (Å²) >= 11 is 1.47. The van der Waals surface area contributed by atoms with Gasteiger partial charge in [-0.2, -0.15) is 4.98 Å². The molecule has 14 heteroatoms. The summed E-state index contributed by atoms with van der Waals surface area (Å²) in [5.41, 5.74) is 5.23. The second-order valence-corrected chi connectivity index (χ2v) is 8.30. The maximum absolute atomic E-state index is 11.5. The number of hydrogen-bond donors (Lipinski definition) is 4. The van der Waals surface area contributed by atoms with E-state index in [0.29, 0.717) is 16.9 Å². The van der Waals surface area contributed by atoms with Crippen molar-refractivity contribution in [2.24, 2.45) is 0 Å². The van der Waals surface area contributed by atoms with E-state index in [1.54, 1.807) is 23.2 Å². The van der Waals surface area contributed by atoms with Crippen molar-refractivity contribution in [2.45, 2.75) is 36.8 Å².